The number of methoxy groups -OCH3 is 2. The minimum atomic E-state index is -0.474. The molecule has 1 amide bonds. The Balaban J connectivity index is 2.18. The SMILES string of the molecule is CCc1ccc(O)c(NC(=S)NC(=O)c2c(OC)cccc2OC)c1. The van der Waals surface area contributed by atoms with E-state index < -0.39 is 5.91 Å². The topological polar surface area (TPSA) is 79.8 Å². The van der Waals surface area contributed by atoms with Crippen LogP contribution in [0.5, 0.6) is 17.2 Å². The van der Waals surface area contributed by atoms with E-state index in [1.165, 1.54) is 14.2 Å². The van der Waals surface area contributed by atoms with E-state index in [1.54, 1.807) is 30.3 Å². The van der Waals surface area contributed by atoms with Crippen LogP contribution in [0.3, 0.4) is 0 Å². The van der Waals surface area contributed by atoms with Gasteiger partial charge in [-0.2, -0.15) is 0 Å². The number of aromatic hydroxyl groups is 1. The predicted molar refractivity (Wildman–Crippen MR) is 101 cm³/mol. The van der Waals surface area contributed by atoms with Crippen LogP contribution in [0.25, 0.3) is 0 Å². The Morgan fingerprint density at radius 2 is 1.80 bits per heavy atom. The molecule has 0 fully saturated rings. The minimum Gasteiger partial charge on any atom is -0.506 e. The Labute approximate surface area is 151 Å². The third kappa shape index (κ3) is 4.39. The first-order chi connectivity index (χ1) is 12.0. The molecule has 0 heterocycles. The van der Waals surface area contributed by atoms with Gasteiger partial charge in [0.25, 0.3) is 5.91 Å². The second kappa shape index (κ2) is 8.34. The quantitative estimate of drug-likeness (QED) is 0.562. The van der Waals surface area contributed by atoms with E-state index >= 15 is 0 Å². The van der Waals surface area contributed by atoms with Gasteiger partial charge in [-0.1, -0.05) is 19.1 Å². The van der Waals surface area contributed by atoms with E-state index in [9.17, 15) is 9.90 Å². The predicted octanol–water partition coefficient (Wildman–Crippen LogP) is 3.10. The first kappa shape index (κ1) is 18.5. The van der Waals surface area contributed by atoms with Crippen molar-refractivity contribution in [3.8, 4) is 17.2 Å². The first-order valence-electron chi connectivity index (χ1n) is 7.65. The lowest BCUT2D eigenvalue weighted by atomic mass is 10.1. The maximum Gasteiger partial charge on any atom is 0.264 e. The lowest BCUT2D eigenvalue weighted by Gasteiger charge is -2.15. The number of carbonyl (C=O) groups excluding carboxylic acids is 1. The van der Waals surface area contributed by atoms with Crippen LogP contribution in [-0.2, 0) is 6.42 Å². The summed E-state index contributed by atoms with van der Waals surface area (Å²) in [6, 6.07) is 10.2. The van der Waals surface area contributed by atoms with E-state index in [0.29, 0.717) is 17.2 Å². The normalized spacial score (nSPS) is 10.0. The molecule has 0 aromatic heterocycles. The molecule has 0 saturated heterocycles. The van der Waals surface area contributed by atoms with Gasteiger partial charge in [-0.3, -0.25) is 10.1 Å². The molecule has 0 radical (unpaired) electrons. The van der Waals surface area contributed by atoms with Gasteiger partial charge in [0.1, 0.15) is 22.8 Å². The zero-order valence-corrected chi connectivity index (χ0v) is 15.1. The number of nitrogens with one attached hydrogen (secondary N) is 2. The van der Waals surface area contributed by atoms with Gasteiger partial charge >= 0.3 is 0 Å². The van der Waals surface area contributed by atoms with Crippen LogP contribution in [0, 0.1) is 0 Å². The molecule has 132 valence electrons. The van der Waals surface area contributed by atoms with Crippen LogP contribution >= 0.6 is 12.2 Å². The van der Waals surface area contributed by atoms with E-state index in [1.807, 2.05) is 13.0 Å². The Bertz CT molecular complexity index is 770. The second-order valence-corrected chi connectivity index (χ2v) is 5.56. The molecule has 0 bridgehead atoms. The smallest absolute Gasteiger partial charge is 0.264 e. The van der Waals surface area contributed by atoms with Crippen molar-refractivity contribution < 1.29 is 19.4 Å². The molecule has 0 unspecified atom stereocenters. The molecule has 3 N–H and O–H groups in total. The van der Waals surface area contributed by atoms with Crippen LogP contribution in [0.2, 0.25) is 0 Å². The van der Waals surface area contributed by atoms with E-state index in [2.05, 4.69) is 10.6 Å². The summed E-state index contributed by atoms with van der Waals surface area (Å²) in [5, 5.41) is 15.4. The Kier molecular flexibility index (Phi) is 6.19. The molecule has 0 saturated carbocycles. The van der Waals surface area contributed by atoms with Gasteiger partial charge in [-0.25, -0.2) is 0 Å². The van der Waals surface area contributed by atoms with Crippen LogP contribution in [0.15, 0.2) is 36.4 Å². The summed E-state index contributed by atoms with van der Waals surface area (Å²) in [5.41, 5.74) is 1.70. The number of thiocarbonyl (C=S) groups is 1. The van der Waals surface area contributed by atoms with Crippen molar-refractivity contribution in [1.82, 2.24) is 5.32 Å². The third-order valence-corrected chi connectivity index (χ3v) is 3.80. The van der Waals surface area contributed by atoms with Gasteiger partial charge in [0.15, 0.2) is 5.11 Å². The summed E-state index contributed by atoms with van der Waals surface area (Å²) in [6.07, 6.45) is 0.812. The molecule has 0 aliphatic heterocycles. The van der Waals surface area contributed by atoms with Gasteiger partial charge in [-0.15, -0.1) is 0 Å². The fourth-order valence-electron chi connectivity index (χ4n) is 2.30. The fraction of sp³-hybridized carbons (Fsp3) is 0.222. The van der Waals surface area contributed by atoms with Crippen molar-refractivity contribution in [2.24, 2.45) is 0 Å². The lowest BCUT2D eigenvalue weighted by molar-refractivity contribution is 0.0971. The molecule has 6 nitrogen and oxygen atoms in total. The summed E-state index contributed by atoms with van der Waals surface area (Å²) < 4.78 is 10.4. The number of ether oxygens (including phenoxy) is 2. The summed E-state index contributed by atoms with van der Waals surface area (Å²) in [7, 11) is 2.94. The lowest BCUT2D eigenvalue weighted by Crippen LogP contribution is -2.34. The standard InChI is InChI=1S/C18H20N2O4S/c1-4-11-8-9-13(21)12(10-11)19-18(25)20-17(22)16-14(23-2)6-5-7-15(16)24-3/h5-10,21H,4H2,1-3H3,(H2,19,20,22,25). The van der Waals surface area contributed by atoms with Gasteiger partial charge < -0.3 is 19.9 Å². The zero-order valence-electron chi connectivity index (χ0n) is 14.3. The molecule has 7 heteroatoms. The van der Waals surface area contributed by atoms with E-state index in [0.717, 1.165) is 12.0 Å². The second-order valence-electron chi connectivity index (χ2n) is 5.15. The molecule has 0 aliphatic rings. The molecular formula is C18H20N2O4S. The largest absolute Gasteiger partial charge is 0.506 e. The molecule has 2 aromatic carbocycles. The van der Waals surface area contributed by atoms with Crippen molar-refractivity contribution in [2.45, 2.75) is 13.3 Å². The van der Waals surface area contributed by atoms with Gasteiger partial charge in [0.05, 0.1) is 19.9 Å². The van der Waals surface area contributed by atoms with Crippen molar-refractivity contribution in [1.29, 1.82) is 0 Å². The summed E-state index contributed by atoms with van der Waals surface area (Å²) >= 11 is 5.17. The fourth-order valence-corrected chi connectivity index (χ4v) is 2.50. The highest BCUT2D eigenvalue weighted by molar-refractivity contribution is 7.80. The Morgan fingerprint density at radius 1 is 1.16 bits per heavy atom. The highest BCUT2D eigenvalue weighted by atomic mass is 32.1. The number of phenolic OH excluding ortho intramolecular Hbond substituents is 1. The average Bonchev–Trinajstić information content (AvgIpc) is 2.62. The van der Waals surface area contributed by atoms with Crippen molar-refractivity contribution in [3.05, 3.63) is 47.5 Å². The molecule has 2 aromatic rings. The summed E-state index contributed by atoms with van der Waals surface area (Å²) in [5.74, 6) is 0.313. The maximum atomic E-state index is 12.6. The number of rotatable bonds is 5. The highest BCUT2D eigenvalue weighted by Crippen LogP contribution is 2.28. The number of amides is 1. The average molecular weight is 360 g/mol. The summed E-state index contributed by atoms with van der Waals surface area (Å²) in [6.45, 7) is 2.00. The molecule has 0 spiro atoms. The van der Waals surface area contributed by atoms with Crippen LogP contribution in [-0.4, -0.2) is 30.3 Å². The number of carbonyl (C=O) groups is 1. The highest BCUT2D eigenvalue weighted by Gasteiger charge is 2.19. The van der Waals surface area contributed by atoms with Gasteiger partial charge in [0.2, 0.25) is 0 Å². The van der Waals surface area contributed by atoms with Crippen LogP contribution < -0.4 is 20.1 Å². The molecular weight excluding hydrogens is 340 g/mol. The monoisotopic (exact) mass is 360 g/mol. The van der Waals surface area contributed by atoms with Crippen LogP contribution in [0.4, 0.5) is 5.69 Å². The number of phenols is 1. The van der Waals surface area contributed by atoms with E-state index in [4.69, 9.17) is 21.7 Å². The number of anilines is 1. The number of benzene rings is 2. The van der Waals surface area contributed by atoms with Crippen LogP contribution in [0.1, 0.15) is 22.8 Å². The molecule has 0 aliphatic carbocycles. The van der Waals surface area contributed by atoms with Crippen molar-refractivity contribution in [2.75, 3.05) is 19.5 Å². The zero-order chi connectivity index (χ0) is 18.4. The Morgan fingerprint density at radius 3 is 2.36 bits per heavy atom. The number of hydrogen-bond acceptors (Lipinski definition) is 5. The molecule has 0 atom stereocenters. The number of hydrogen-bond donors (Lipinski definition) is 3. The summed E-state index contributed by atoms with van der Waals surface area (Å²) in [4.78, 5) is 12.6. The van der Waals surface area contributed by atoms with Crippen molar-refractivity contribution >= 4 is 28.9 Å². The van der Waals surface area contributed by atoms with Crippen molar-refractivity contribution in [3.63, 3.8) is 0 Å². The molecule has 2 rings (SSSR count). The number of aryl methyl sites for hydroxylation is 1. The van der Waals surface area contributed by atoms with Gasteiger partial charge in [0, 0.05) is 0 Å². The van der Waals surface area contributed by atoms with Gasteiger partial charge in [-0.05, 0) is 48.5 Å². The molecule has 25 heavy (non-hydrogen) atoms. The van der Waals surface area contributed by atoms with E-state index in [-0.39, 0.29) is 16.4 Å². The third-order valence-electron chi connectivity index (χ3n) is 3.60. The maximum absolute atomic E-state index is 12.6. The first-order valence-corrected chi connectivity index (χ1v) is 8.06. The Hall–Kier alpha value is -2.80. The minimum absolute atomic E-state index is 0.0451.